The van der Waals surface area contributed by atoms with Crippen LogP contribution in [-0.2, 0) is 0 Å². The Bertz CT molecular complexity index is 782. The van der Waals surface area contributed by atoms with Crippen LogP contribution in [0.3, 0.4) is 0 Å². The van der Waals surface area contributed by atoms with Gasteiger partial charge in [0.25, 0.3) is 5.56 Å². The third-order valence-electron chi connectivity index (χ3n) is 6.41. The second kappa shape index (κ2) is 8.32. The molecule has 4 nitrogen and oxygen atoms in total. The zero-order valence-corrected chi connectivity index (χ0v) is 15.8. The molecule has 4 heteroatoms. The first-order valence-electron chi connectivity index (χ1n) is 10.7. The molecule has 2 aromatic heterocycles. The van der Waals surface area contributed by atoms with Gasteiger partial charge in [0.15, 0.2) is 0 Å². The van der Waals surface area contributed by atoms with E-state index in [9.17, 15) is 4.79 Å². The predicted octanol–water partition coefficient (Wildman–Crippen LogP) is 5.51. The SMILES string of the molecule is O=c1c2cnc(C3CCCCCCC3)cc2cnn1C1CCCCCC1. The molecule has 2 saturated carbocycles. The van der Waals surface area contributed by atoms with E-state index in [1.165, 1.54) is 70.6 Å². The third-order valence-corrected chi connectivity index (χ3v) is 6.41. The van der Waals surface area contributed by atoms with Gasteiger partial charge in [-0.15, -0.1) is 0 Å². The second-order valence-corrected chi connectivity index (χ2v) is 8.28. The van der Waals surface area contributed by atoms with Gasteiger partial charge in [-0.3, -0.25) is 9.78 Å². The summed E-state index contributed by atoms with van der Waals surface area (Å²) in [5.74, 6) is 0.545. The van der Waals surface area contributed by atoms with E-state index in [1.807, 2.05) is 12.4 Å². The zero-order valence-electron chi connectivity index (χ0n) is 15.8. The monoisotopic (exact) mass is 353 g/mol. The van der Waals surface area contributed by atoms with Crippen LogP contribution in [0, 0.1) is 0 Å². The topological polar surface area (TPSA) is 47.8 Å². The van der Waals surface area contributed by atoms with E-state index >= 15 is 0 Å². The highest BCUT2D eigenvalue weighted by atomic mass is 16.1. The van der Waals surface area contributed by atoms with Gasteiger partial charge in [0.1, 0.15) is 0 Å². The van der Waals surface area contributed by atoms with Gasteiger partial charge in [0.2, 0.25) is 0 Å². The van der Waals surface area contributed by atoms with Crippen LogP contribution in [0.5, 0.6) is 0 Å². The first kappa shape index (κ1) is 17.7. The molecule has 0 N–H and O–H groups in total. The van der Waals surface area contributed by atoms with Crippen LogP contribution in [0.1, 0.15) is 101 Å². The van der Waals surface area contributed by atoms with Crippen molar-refractivity contribution in [3.05, 3.63) is 34.5 Å². The largest absolute Gasteiger partial charge is 0.276 e. The summed E-state index contributed by atoms with van der Waals surface area (Å²) in [6, 6.07) is 2.40. The standard InChI is InChI=1S/C22H31N3O/c26-22-20-16-23-21(17-10-6-2-1-3-7-11-17)14-18(20)15-24-25(22)19-12-8-4-5-9-13-19/h14-17,19H,1-13H2. The maximum atomic E-state index is 13.0. The number of hydrogen-bond acceptors (Lipinski definition) is 3. The minimum absolute atomic E-state index is 0.0473. The molecule has 2 fully saturated rings. The minimum Gasteiger partial charge on any atom is -0.267 e. The molecule has 0 spiro atoms. The Labute approximate surface area is 156 Å². The summed E-state index contributed by atoms with van der Waals surface area (Å²) in [7, 11) is 0. The first-order chi connectivity index (χ1) is 12.8. The van der Waals surface area contributed by atoms with Gasteiger partial charge in [0, 0.05) is 23.2 Å². The lowest BCUT2D eigenvalue weighted by Gasteiger charge is -2.20. The van der Waals surface area contributed by atoms with Crippen molar-refractivity contribution in [3.8, 4) is 0 Å². The molecule has 4 rings (SSSR count). The Morgan fingerprint density at radius 3 is 2.12 bits per heavy atom. The van der Waals surface area contributed by atoms with E-state index in [2.05, 4.69) is 11.2 Å². The fourth-order valence-electron chi connectivity index (χ4n) is 4.81. The summed E-state index contributed by atoms with van der Waals surface area (Å²) in [6.07, 6.45) is 20.0. The first-order valence-corrected chi connectivity index (χ1v) is 10.7. The van der Waals surface area contributed by atoms with Gasteiger partial charge >= 0.3 is 0 Å². The molecule has 140 valence electrons. The lowest BCUT2D eigenvalue weighted by Crippen LogP contribution is -2.27. The number of aromatic nitrogens is 3. The average Bonchev–Trinajstić information content (AvgIpc) is 2.91. The summed E-state index contributed by atoms with van der Waals surface area (Å²) in [6.45, 7) is 0. The van der Waals surface area contributed by atoms with Gasteiger partial charge in [0.05, 0.1) is 17.6 Å². The van der Waals surface area contributed by atoms with Crippen LogP contribution in [0.15, 0.2) is 23.3 Å². The Hall–Kier alpha value is -1.71. The molecule has 0 atom stereocenters. The van der Waals surface area contributed by atoms with Gasteiger partial charge in [-0.2, -0.15) is 5.10 Å². The van der Waals surface area contributed by atoms with Crippen LogP contribution in [0.25, 0.3) is 10.8 Å². The van der Waals surface area contributed by atoms with Crippen LogP contribution in [0.4, 0.5) is 0 Å². The lowest BCUT2D eigenvalue weighted by molar-refractivity contribution is 0.391. The molecular weight excluding hydrogens is 322 g/mol. The highest BCUT2D eigenvalue weighted by Crippen LogP contribution is 2.31. The van der Waals surface area contributed by atoms with Crippen molar-refractivity contribution in [1.29, 1.82) is 0 Å². The fraction of sp³-hybridized carbons (Fsp3) is 0.682. The normalized spacial score (nSPS) is 21.2. The molecule has 2 aliphatic carbocycles. The van der Waals surface area contributed by atoms with Crippen molar-refractivity contribution in [2.45, 2.75) is 95.4 Å². The summed E-state index contributed by atoms with van der Waals surface area (Å²) in [4.78, 5) is 17.7. The maximum absolute atomic E-state index is 13.0. The highest BCUT2D eigenvalue weighted by molar-refractivity contribution is 5.80. The quantitative estimate of drug-likeness (QED) is 0.668. The predicted molar refractivity (Wildman–Crippen MR) is 106 cm³/mol. The smallest absolute Gasteiger partial charge is 0.267 e. The Morgan fingerprint density at radius 2 is 1.42 bits per heavy atom. The fourth-order valence-corrected chi connectivity index (χ4v) is 4.81. The van der Waals surface area contributed by atoms with Gasteiger partial charge < -0.3 is 0 Å². The van der Waals surface area contributed by atoms with Crippen LogP contribution < -0.4 is 5.56 Å². The number of fused-ring (bicyclic) bond motifs is 1. The van der Waals surface area contributed by atoms with E-state index in [0.29, 0.717) is 5.92 Å². The summed E-state index contributed by atoms with van der Waals surface area (Å²) < 4.78 is 1.74. The maximum Gasteiger partial charge on any atom is 0.276 e. The van der Waals surface area contributed by atoms with Crippen molar-refractivity contribution in [2.24, 2.45) is 0 Å². The van der Waals surface area contributed by atoms with Crippen LogP contribution >= 0.6 is 0 Å². The number of pyridine rings is 1. The molecule has 0 aromatic carbocycles. The lowest BCUT2D eigenvalue weighted by atomic mass is 9.88. The minimum atomic E-state index is 0.0473. The third kappa shape index (κ3) is 3.84. The number of nitrogens with zero attached hydrogens (tertiary/aromatic N) is 3. The summed E-state index contributed by atoms with van der Waals surface area (Å²) in [5, 5.41) is 6.27. The summed E-state index contributed by atoms with van der Waals surface area (Å²) >= 11 is 0. The van der Waals surface area contributed by atoms with Crippen molar-refractivity contribution in [1.82, 2.24) is 14.8 Å². The van der Waals surface area contributed by atoms with Crippen molar-refractivity contribution in [2.75, 3.05) is 0 Å². The molecule has 2 aromatic rings. The second-order valence-electron chi connectivity index (χ2n) is 8.28. The van der Waals surface area contributed by atoms with Crippen molar-refractivity contribution >= 4 is 10.8 Å². The number of hydrogen-bond donors (Lipinski definition) is 0. The van der Waals surface area contributed by atoms with Gasteiger partial charge in [-0.1, -0.05) is 57.8 Å². The van der Waals surface area contributed by atoms with E-state index in [1.54, 1.807) is 4.68 Å². The molecule has 0 aliphatic heterocycles. The Kier molecular flexibility index (Phi) is 5.66. The molecule has 0 radical (unpaired) electrons. The molecule has 26 heavy (non-hydrogen) atoms. The summed E-state index contributed by atoms with van der Waals surface area (Å²) in [5.41, 5.74) is 1.21. The molecule has 2 heterocycles. The van der Waals surface area contributed by atoms with E-state index in [0.717, 1.165) is 29.3 Å². The molecule has 0 amide bonds. The molecule has 2 aliphatic rings. The Morgan fingerprint density at radius 1 is 0.808 bits per heavy atom. The zero-order chi connectivity index (χ0) is 17.8. The van der Waals surface area contributed by atoms with Gasteiger partial charge in [-0.25, -0.2) is 4.68 Å². The average molecular weight is 354 g/mol. The van der Waals surface area contributed by atoms with E-state index in [-0.39, 0.29) is 11.6 Å². The van der Waals surface area contributed by atoms with Gasteiger partial charge in [-0.05, 0) is 31.7 Å². The molecular formula is C22H31N3O. The van der Waals surface area contributed by atoms with Crippen LogP contribution in [0.2, 0.25) is 0 Å². The van der Waals surface area contributed by atoms with Crippen molar-refractivity contribution in [3.63, 3.8) is 0 Å². The van der Waals surface area contributed by atoms with E-state index in [4.69, 9.17) is 4.98 Å². The Balaban J connectivity index is 1.62. The molecule has 0 saturated heterocycles. The van der Waals surface area contributed by atoms with E-state index < -0.39 is 0 Å². The van der Waals surface area contributed by atoms with Crippen LogP contribution in [-0.4, -0.2) is 14.8 Å². The number of rotatable bonds is 2. The van der Waals surface area contributed by atoms with Crippen molar-refractivity contribution < 1.29 is 0 Å². The molecule has 0 unspecified atom stereocenters. The highest BCUT2D eigenvalue weighted by Gasteiger charge is 2.19. The molecule has 0 bridgehead atoms.